The smallest absolute Gasteiger partial charge is 0.258 e. The van der Waals surface area contributed by atoms with E-state index in [4.69, 9.17) is 4.74 Å². The average molecular weight is 402 g/mol. The second kappa shape index (κ2) is 9.74. The van der Waals surface area contributed by atoms with E-state index in [-0.39, 0.29) is 17.9 Å². The third-order valence-electron chi connectivity index (χ3n) is 4.84. The van der Waals surface area contributed by atoms with Crippen LogP contribution < -0.4 is 15.0 Å². The lowest BCUT2D eigenvalue weighted by Gasteiger charge is -2.17. The van der Waals surface area contributed by atoms with Crippen LogP contribution in [0.3, 0.4) is 0 Å². The zero-order chi connectivity index (χ0) is 21.5. The van der Waals surface area contributed by atoms with E-state index in [1.54, 1.807) is 60.5 Å². The van der Waals surface area contributed by atoms with Crippen molar-refractivity contribution in [2.24, 2.45) is 0 Å². The van der Waals surface area contributed by atoms with Gasteiger partial charge in [0.2, 0.25) is 0 Å². The number of para-hydroxylation sites is 1. The number of benzene rings is 3. The third-order valence-corrected chi connectivity index (χ3v) is 4.84. The molecule has 30 heavy (non-hydrogen) atoms. The van der Waals surface area contributed by atoms with Crippen molar-refractivity contribution in [1.29, 1.82) is 0 Å². The molecule has 0 aromatic heterocycles. The normalized spacial score (nSPS) is 11.4. The van der Waals surface area contributed by atoms with Gasteiger partial charge in [-0.25, -0.2) is 0 Å². The number of hydrogen-bond donors (Lipinski definition) is 1. The Morgan fingerprint density at radius 3 is 2.30 bits per heavy atom. The Kier molecular flexibility index (Phi) is 6.86. The van der Waals surface area contributed by atoms with Crippen molar-refractivity contribution < 1.29 is 14.3 Å². The monoisotopic (exact) mass is 402 g/mol. The lowest BCUT2D eigenvalue weighted by Crippen LogP contribution is -2.26. The average Bonchev–Trinajstić information content (AvgIpc) is 2.79. The number of nitrogens with zero attached hydrogens (tertiary/aromatic N) is 1. The molecule has 0 saturated carbocycles. The van der Waals surface area contributed by atoms with Gasteiger partial charge in [0.25, 0.3) is 11.8 Å². The summed E-state index contributed by atoms with van der Waals surface area (Å²) in [6.07, 6.45) is 1.04. The fraction of sp³-hybridized carbons (Fsp3) is 0.200. The summed E-state index contributed by atoms with van der Waals surface area (Å²) in [5, 5.41) is 2.85. The van der Waals surface area contributed by atoms with Crippen molar-refractivity contribution in [1.82, 2.24) is 0 Å². The van der Waals surface area contributed by atoms with Crippen LogP contribution in [-0.2, 0) is 0 Å². The van der Waals surface area contributed by atoms with Gasteiger partial charge in [-0.1, -0.05) is 31.2 Å². The predicted octanol–water partition coefficient (Wildman–Crippen LogP) is 5.39. The van der Waals surface area contributed by atoms with E-state index in [1.165, 1.54) is 0 Å². The van der Waals surface area contributed by atoms with Crippen LogP contribution in [0.1, 0.15) is 41.0 Å². The molecule has 0 fully saturated rings. The first-order chi connectivity index (χ1) is 14.5. The first-order valence-corrected chi connectivity index (χ1v) is 9.99. The molecule has 1 atom stereocenters. The first-order valence-electron chi connectivity index (χ1n) is 9.99. The van der Waals surface area contributed by atoms with Crippen molar-refractivity contribution >= 4 is 23.2 Å². The van der Waals surface area contributed by atoms with E-state index in [0.717, 1.165) is 17.9 Å². The lowest BCUT2D eigenvalue weighted by atomic mass is 10.1. The molecule has 0 bridgehead atoms. The maximum Gasteiger partial charge on any atom is 0.258 e. The van der Waals surface area contributed by atoms with Crippen LogP contribution >= 0.6 is 0 Å². The first kappa shape index (κ1) is 21.1. The van der Waals surface area contributed by atoms with Crippen molar-refractivity contribution in [3.8, 4) is 5.75 Å². The third kappa shape index (κ3) is 5.26. The zero-order valence-corrected chi connectivity index (χ0v) is 17.5. The molecule has 5 nitrogen and oxygen atoms in total. The fourth-order valence-corrected chi connectivity index (χ4v) is 2.90. The Labute approximate surface area is 177 Å². The molecule has 3 rings (SSSR count). The molecule has 3 aromatic rings. The van der Waals surface area contributed by atoms with Gasteiger partial charge in [0.05, 0.1) is 6.10 Å². The van der Waals surface area contributed by atoms with Gasteiger partial charge in [-0.15, -0.1) is 0 Å². The maximum atomic E-state index is 12.8. The standard InChI is InChI=1S/C25H26N2O3/c1-4-18(2)30-23-15-13-19(14-16-23)24(28)26-21-10-8-9-20(17-21)25(29)27(3)22-11-6-5-7-12-22/h5-18H,4H2,1-3H3,(H,26,28). The van der Waals surface area contributed by atoms with Crippen LogP contribution in [0, 0.1) is 0 Å². The van der Waals surface area contributed by atoms with E-state index >= 15 is 0 Å². The highest BCUT2D eigenvalue weighted by molar-refractivity contribution is 6.08. The summed E-state index contributed by atoms with van der Waals surface area (Å²) >= 11 is 0. The number of amides is 2. The second-order valence-corrected chi connectivity index (χ2v) is 7.10. The van der Waals surface area contributed by atoms with Gasteiger partial charge >= 0.3 is 0 Å². The van der Waals surface area contributed by atoms with Gasteiger partial charge in [0, 0.05) is 29.5 Å². The molecule has 0 aliphatic carbocycles. The highest BCUT2D eigenvalue weighted by Crippen LogP contribution is 2.19. The summed E-state index contributed by atoms with van der Waals surface area (Å²) in [5.41, 5.74) is 2.38. The molecular weight excluding hydrogens is 376 g/mol. The summed E-state index contributed by atoms with van der Waals surface area (Å²) in [4.78, 5) is 27.0. The van der Waals surface area contributed by atoms with Crippen molar-refractivity contribution in [3.05, 3.63) is 90.0 Å². The molecule has 1 unspecified atom stereocenters. The summed E-state index contributed by atoms with van der Waals surface area (Å²) in [6.45, 7) is 4.06. The van der Waals surface area contributed by atoms with Crippen molar-refractivity contribution in [2.75, 3.05) is 17.3 Å². The predicted molar refractivity (Wildman–Crippen MR) is 120 cm³/mol. The molecule has 0 heterocycles. The van der Waals surface area contributed by atoms with E-state index in [1.807, 2.05) is 37.3 Å². The van der Waals surface area contributed by atoms with Gasteiger partial charge in [-0.05, 0) is 67.9 Å². The summed E-state index contributed by atoms with van der Waals surface area (Å²) in [5.74, 6) is 0.340. The maximum absolute atomic E-state index is 12.8. The van der Waals surface area contributed by atoms with Gasteiger partial charge in [-0.2, -0.15) is 0 Å². The molecule has 5 heteroatoms. The van der Waals surface area contributed by atoms with Gasteiger partial charge in [0.15, 0.2) is 0 Å². The van der Waals surface area contributed by atoms with Crippen molar-refractivity contribution in [3.63, 3.8) is 0 Å². The van der Waals surface area contributed by atoms with E-state index in [0.29, 0.717) is 16.8 Å². The van der Waals surface area contributed by atoms with Crippen LogP contribution in [-0.4, -0.2) is 25.0 Å². The number of anilines is 2. The van der Waals surface area contributed by atoms with Crippen LogP contribution in [0.2, 0.25) is 0 Å². The zero-order valence-electron chi connectivity index (χ0n) is 17.5. The Bertz CT molecular complexity index is 1000. The number of carbonyl (C=O) groups is 2. The summed E-state index contributed by atoms with van der Waals surface area (Å²) in [7, 11) is 1.73. The van der Waals surface area contributed by atoms with E-state index in [9.17, 15) is 9.59 Å². The molecule has 0 radical (unpaired) electrons. The molecule has 1 N–H and O–H groups in total. The Hall–Kier alpha value is -3.60. The summed E-state index contributed by atoms with van der Waals surface area (Å²) in [6, 6.07) is 23.4. The Balaban J connectivity index is 1.69. The van der Waals surface area contributed by atoms with E-state index < -0.39 is 0 Å². The van der Waals surface area contributed by atoms with Crippen LogP contribution in [0.25, 0.3) is 0 Å². The Morgan fingerprint density at radius 2 is 1.63 bits per heavy atom. The highest BCUT2D eigenvalue weighted by atomic mass is 16.5. The van der Waals surface area contributed by atoms with Crippen molar-refractivity contribution in [2.45, 2.75) is 26.4 Å². The molecular formula is C25H26N2O3. The van der Waals surface area contributed by atoms with Gasteiger partial charge in [-0.3, -0.25) is 9.59 Å². The topological polar surface area (TPSA) is 58.6 Å². The SMILES string of the molecule is CCC(C)Oc1ccc(C(=O)Nc2cccc(C(=O)N(C)c3ccccc3)c2)cc1. The molecule has 0 saturated heterocycles. The minimum absolute atomic E-state index is 0.124. The molecule has 3 aromatic carbocycles. The quantitative estimate of drug-likeness (QED) is 0.576. The van der Waals surface area contributed by atoms with Crippen LogP contribution in [0.15, 0.2) is 78.9 Å². The molecule has 0 aliphatic rings. The number of nitrogens with one attached hydrogen (secondary N) is 1. The second-order valence-electron chi connectivity index (χ2n) is 7.10. The fourth-order valence-electron chi connectivity index (χ4n) is 2.90. The minimum Gasteiger partial charge on any atom is -0.491 e. The van der Waals surface area contributed by atoms with Crippen LogP contribution in [0.4, 0.5) is 11.4 Å². The van der Waals surface area contributed by atoms with E-state index in [2.05, 4.69) is 12.2 Å². The number of ether oxygens (including phenoxy) is 1. The summed E-state index contributed by atoms with van der Waals surface area (Å²) < 4.78 is 5.74. The van der Waals surface area contributed by atoms with Crippen LogP contribution in [0.5, 0.6) is 5.75 Å². The largest absolute Gasteiger partial charge is 0.491 e. The molecule has 0 spiro atoms. The van der Waals surface area contributed by atoms with Gasteiger partial charge in [0.1, 0.15) is 5.75 Å². The highest BCUT2D eigenvalue weighted by Gasteiger charge is 2.14. The lowest BCUT2D eigenvalue weighted by molar-refractivity contribution is 0.0990. The number of hydrogen-bond acceptors (Lipinski definition) is 3. The molecule has 154 valence electrons. The number of rotatable bonds is 7. The molecule has 2 amide bonds. The van der Waals surface area contributed by atoms with Gasteiger partial charge < -0.3 is 15.0 Å². The molecule has 0 aliphatic heterocycles. The Morgan fingerprint density at radius 1 is 0.933 bits per heavy atom. The minimum atomic E-state index is -0.244. The number of carbonyl (C=O) groups excluding carboxylic acids is 2.